The van der Waals surface area contributed by atoms with Crippen LogP contribution in [0.4, 0.5) is 5.69 Å². The first-order chi connectivity index (χ1) is 16.0. The zero-order valence-electron chi connectivity index (χ0n) is 17.9. The fourth-order valence-corrected chi connectivity index (χ4v) is 4.83. The van der Waals surface area contributed by atoms with E-state index in [4.69, 9.17) is 4.74 Å². The summed E-state index contributed by atoms with van der Waals surface area (Å²) in [5.74, 6) is -0.421. The Morgan fingerprint density at radius 3 is 2.48 bits per heavy atom. The van der Waals surface area contributed by atoms with Crippen molar-refractivity contribution in [3.63, 3.8) is 0 Å². The van der Waals surface area contributed by atoms with Crippen molar-refractivity contribution < 1.29 is 19.4 Å². The van der Waals surface area contributed by atoms with E-state index >= 15 is 0 Å². The Morgan fingerprint density at radius 2 is 1.70 bits per heavy atom. The monoisotopic (exact) mass is 463 g/mol. The predicted molar refractivity (Wildman–Crippen MR) is 130 cm³/mol. The van der Waals surface area contributed by atoms with Crippen LogP contribution < -0.4 is 10.0 Å². The molecular weight excluding hydrogens is 438 g/mol. The van der Waals surface area contributed by atoms with E-state index in [9.17, 15) is 13.2 Å². The summed E-state index contributed by atoms with van der Waals surface area (Å²) in [4.78, 5) is 17.4. The third kappa shape index (κ3) is 5.02. The number of nitrogens with zero attached hydrogens (tertiary/aromatic N) is 1. The van der Waals surface area contributed by atoms with Gasteiger partial charge >= 0.3 is 0 Å². The maximum atomic E-state index is 13.2. The molecule has 0 spiro atoms. The summed E-state index contributed by atoms with van der Waals surface area (Å²) < 4.78 is 34.3. The molecule has 0 aliphatic heterocycles. The van der Waals surface area contributed by atoms with E-state index in [1.165, 1.54) is 6.07 Å². The molecule has 33 heavy (non-hydrogen) atoms. The minimum atomic E-state index is -4.00. The second kappa shape index (κ2) is 9.81. The molecule has 0 bridgehead atoms. The molecule has 4 aromatic rings. The highest BCUT2D eigenvalue weighted by Crippen LogP contribution is 2.25. The van der Waals surface area contributed by atoms with Gasteiger partial charge in [0.15, 0.2) is 0 Å². The van der Waals surface area contributed by atoms with Crippen LogP contribution >= 0.6 is 0 Å². The number of nitrogens with one attached hydrogen (secondary N) is 2. The average molecular weight is 464 g/mol. The number of amides is 1. The predicted octanol–water partition coefficient (Wildman–Crippen LogP) is 4.40. The van der Waals surface area contributed by atoms with Crippen molar-refractivity contribution in [3.05, 3.63) is 102 Å². The molecule has 2 N–H and O–H groups in total. The number of para-hydroxylation sites is 2. The lowest BCUT2D eigenvalue weighted by atomic mass is 10.1. The SMILES string of the molecule is COCC(NC(=O)c1ccccc1NS(=O)(=O)c1cccc2cccnc12)c1ccccc1.[HH]. The van der Waals surface area contributed by atoms with E-state index in [1.54, 1.807) is 61.8 Å². The molecular formula is C25H25N3O4S. The molecule has 7 nitrogen and oxygen atoms in total. The van der Waals surface area contributed by atoms with E-state index in [0.29, 0.717) is 10.9 Å². The number of carbonyl (C=O) groups excluding carboxylic acids is 1. The Balaban J connectivity index is 0.00000324. The van der Waals surface area contributed by atoms with Crippen molar-refractivity contribution in [1.29, 1.82) is 0 Å². The van der Waals surface area contributed by atoms with E-state index in [-0.39, 0.29) is 24.2 Å². The quantitative estimate of drug-likeness (QED) is 0.404. The maximum Gasteiger partial charge on any atom is 0.264 e. The molecule has 0 aliphatic rings. The first-order valence-electron chi connectivity index (χ1n) is 10.3. The van der Waals surface area contributed by atoms with E-state index in [0.717, 1.165) is 5.56 Å². The normalized spacial score (nSPS) is 12.3. The van der Waals surface area contributed by atoms with Gasteiger partial charge in [-0.3, -0.25) is 14.5 Å². The molecule has 0 fully saturated rings. The summed E-state index contributed by atoms with van der Waals surface area (Å²) in [5, 5.41) is 3.64. The third-order valence-electron chi connectivity index (χ3n) is 5.14. The number of methoxy groups -OCH3 is 1. The Labute approximate surface area is 194 Å². The van der Waals surface area contributed by atoms with Crippen LogP contribution in [-0.2, 0) is 14.8 Å². The van der Waals surface area contributed by atoms with Gasteiger partial charge in [0.1, 0.15) is 4.90 Å². The van der Waals surface area contributed by atoms with Crippen molar-refractivity contribution in [3.8, 4) is 0 Å². The minimum Gasteiger partial charge on any atom is -0.382 e. The highest BCUT2D eigenvalue weighted by Gasteiger charge is 2.23. The Kier molecular flexibility index (Phi) is 6.67. The summed E-state index contributed by atoms with van der Waals surface area (Å²) in [6, 6.07) is 24.0. The molecule has 0 radical (unpaired) electrons. The molecule has 1 atom stereocenters. The molecule has 0 aliphatic carbocycles. The average Bonchev–Trinajstić information content (AvgIpc) is 2.84. The molecule has 0 saturated heterocycles. The van der Waals surface area contributed by atoms with Crippen LogP contribution in [0.3, 0.4) is 0 Å². The number of fused-ring (bicyclic) bond motifs is 1. The molecule has 3 aromatic carbocycles. The third-order valence-corrected chi connectivity index (χ3v) is 6.54. The lowest BCUT2D eigenvalue weighted by molar-refractivity contribution is 0.0897. The molecule has 8 heteroatoms. The van der Waals surface area contributed by atoms with Gasteiger partial charge in [-0.2, -0.15) is 0 Å². The van der Waals surface area contributed by atoms with Crippen molar-refractivity contribution in [2.75, 3.05) is 18.4 Å². The summed E-state index contributed by atoms with van der Waals surface area (Å²) in [5.41, 5.74) is 1.62. The van der Waals surface area contributed by atoms with Gasteiger partial charge in [0, 0.05) is 20.1 Å². The zero-order chi connectivity index (χ0) is 23.3. The van der Waals surface area contributed by atoms with Crippen LogP contribution in [0.15, 0.2) is 96.0 Å². The van der Waals surface area contributed by atoms with Gasteiger partial charge in [0.05, 0.1) is 29.4 Å². The van der Waals surface area contributed by atoms with Gasteiger partial charge in [-0.15, -0.1) is 0 Å². The summed E-state index contributed by atoms with van der Waals surface area (Å²) in [7, 11) is -2.45. The Bertz CT molecular complexity index is 1380. The first kappa shape index (κ1) is 22.4. The summed E-state index contributed by atoms with van der Waals surface area (Å²) >= 11 is 0. The fraction of sp³-hybridized carbons (Fsp3) is 0.120. The van der Waals surface area contributed by atoms with Crippen molar-refractivity contribution in [2.45, 2.75) is 10.9 Å². The smallest absolute Gasteiger partial charge is 0.264 e. The van der Waals surface area contributed by atoms with Gasteiger partial charge in [-0.1, -0.05) is 60.7 Å². The second-order valence-corrected chi connectivity index (χ2v) is 9.03. The van der Waals surface area contributed by atoms with Crippen LogP contribution in [0.1, 0.15) is 23.4 Å². The number of benzene rings is 3. The number of aromatic nitrogens is 1. The molecule has 4 rings (SSSR count). The van der Waals surface area contributed by atoms with Crippen molar-refractivity contribution >= 4 is 32.5 Å². The number of hydrogen-bond acceptors (Lipinski definition) is 5. The lowest BCUT2D eigenvalue weighted by Gasteiger charge is -2.20. The maximum absolute atomic E-state index is 13.2. The Morgan fingerprint density at radius 1 is 0.970 bits per heavy atom. The van der Waals surface area contributed by atoms with Gasteiger partial charge in [0.25, 0.3) is 15.9 Å². The summed E-state index contributed by atoms with van der Waals surface area (Å²) in [6.45, 7) is 0.269. The van der Waals surface area contributed by atoms with Gasteiger partial charge in [-0.25, -0.2) is 8.42 Å². The van der Waals surface area contributed by atoms with E-state index < -0.39 is 22.0 Å². The van der Waals surface area contributed by atoms with Crippen molar-refractivity contribution in [1.82, 2.24) is 10.3 Å². The van der Waals surface area contributed by atoms with E-state index in [1.807, 2.05) is 30.3 Å². The first-order valence-corrected chi connectivity index (χ1v) is 11.8. The standard InChI is InChI=1S/C25H23N3O4S.H2/c1-32-17-22(18-9-3-2-4-10-18)27-25(29)20-13-5-6-14-21(20)28-33(30,31)23-15-7-11-19-12-8-16-26-24(19)23;/h2-16,22,28H,17H2,1H3,(H,27,29);1H. The van der Waals surface area contributed by atoms with Crippen LogP contribution in [-0.4, -0.2) is 33.0 Å². The number of ether oxygens (including phenoxy) is 1. The number of sulfonamides is 1. The van der Waals surface area contributed by atoms with Gasteiger partial charge in [-0.05, 0) is 29.8 Å². The number of carbonyl (C=O) groups is 1. The molecule has 0 saturated carbocycles. The fourth-order valence-electron chi connectivity index (χ4n) is 3.57. The lowest BCUT2D eigenvalue weighted by Crippen LogP contribution is -2.32. The van der Waals surface area contributed by atoms with E-state index in [2.05, 4.69) is 15.0 Å². The molecule has 1 heterocycles. The van der Waals surface area contributed by atoms with Gasteiger partial charge < -0.3 is 10.1 Å². The van der Waals surface area contributed by atoms with Crippen LogP contribution in [0.25, 0.3) is 10.9 Å². The number of pyridine rings is 1. The number of anilines is 1. The molecule has 1 amide bonds. The number of hydrogen-bond donors (Lipinski definition) is 2. The largest absolute Gasteiger partial charge is 0.382 e. The van der Waals surface area contributed by atoms with Crippen LogP contribution in [0.5, 0.6) is 0 Å². The molecule has 170 valence electrons. The van der Waals surface area contributed by atoms with Gasteiger partial charge in [0.2, 0.25) is 0 Å². The highest BCUT2D eigenvalue weighted by atomic mass is 32.2. The zero-order valence-corrected chi connectivity index (χ0v) is 18.7. The topological polar surface area (TPSA) is 97.4 Å². The number of rotatable bonds is 8. The summed E-state index contributed by atoms with van der Waals surface area (Å²) in [6.07, 6.45) is 1.54. The second-order valence-electron chi connectivity index (χ2n) is 7.37. The van der Waals surface area contributed by atoms with Crippen LogP contribution in [0.2, 0.25) is 0 Å². The highest BCUT2D eigenvalue weighted by molar-refractivity contribution is 7.93. The Hall–Kier alpha value is -3.75. The molecule has 1 unspecified atom stereocenters. The molecule has 1 aromatic heterocycles. The van der Waals surface area contributed by atoms with Crippen molar-refractivity contribution in [2.24, 2.45) is 0 Å². The van der Waals surface area contributed by atoms with Crippen LogP contribution in [0, 0.1) is 0 Å². The minimum absolute atomic E-state index is 0.